The van der Waals surface area contributed by atoms with Crippen LogP contribution in [-0.2, 0) is 0 Å². The van der Waals surface area contributed by atoms with E-state index < -0.39 is 0 Å². The number of methoxy groups -OCH3 is 1. The first kappa shape index (κ1) is 15.4. The summed E-state index contributed by atoms with van der Waals surface area (Å²) in [5, 5.41) is 1.56. The molecule has 0 heterocycles. The maximum atomic E-state index is 6.05. The summed E-state index contributed by atoms with van der Waals surface area (Å²) in [5.74, 6) is 6.32. The van der Waals surface area contributed by atoms with Gasteiger partial charge in [-0.15, -0.1) is 0 Å². The van der Waals surface area contributed by atoms with E-state index in [0.29, 0.717) is 20.8 Å². The SMILES string of the molecule is COc1cc(Cl)ccc1C(NN)c1ccc(Cl)c(Cl)c1. The molecular weight excluding hydrogens is 319 g/mol. The summed E-state index contributed by atoms with van der Waals surface area (Å²) < 4.78 is 5.35. The summed E-state index contributed by atoms with van der Waals surface area (Å²) in [6.45, 7) is 0. The second-order valence-electron chi connectivity index (χ2n) is 4.16. The first-order valence-electron chi connectivity index (χ1n) is 5.81. The van der Waals surface area contributed by atoms with Crippen LogP contribution in [-0.4, -0.2) is 7.11 Å². The van der Waals surface area contributed by atoms with Crippen LogP contribution in [0.1, 0.15) is 17.2 Å². The third kappa shape index (κ3) is 3.19. The van der Waals surface area contributed by atoms with Gasteiger partial charge in [-0.1, -0.05) is 46.9 Å². The monoisotopic (exact) mass is 330 g/mol. The van der Waals surface area contributed by atoms with Crippen molar-refractivity contribution < 1.29 is 4.74 Å². The van der Waals surface area contributed by atoms with Crippen LogP contribution in [0.2, 0.25) is 15.1 Å². The van der Waals surface area contributed by atoms with E-state index in [4.69, 9.17) is 45.4 Å². The Labute approximate surface area is 132 Å². The van der Waals surface area contributed by atoms with Gasteiger partial charge in [-0.25, -0.2) is 5.43 Å². The fraction of sp³-hybridized carbons (Fsp3) is 0.143. The molecule has 20 heavy (non-hydrogen) atoms. The predicted molar refractivity (Wildman–Crippen MR) is 83.6 cm³/mol. The molecule has 2 rings (SSSR count). The van der Waals surface area contributed by atoms with Gasteiger partial charge < -0.3 is 4.74 Å². The molecule has 0 bridgehead atoms. The largest absolute Gasteiger partial charge is 0.496 e. The fourth-order valence-electron chi connectivity index (χ4n) is 1.98. The zero-order chi connectivity index (χ0) is 14.7. The van der Waals surface area contributed by atoms with E-state index in [9.17, 15) is 0 Å². The topological polar surface area (TPSA) is 47.3 Å². The van der Waals surface area contributed by atoms with Crippen molar-refractivity contribution in [1.82, 2.24) is 5.43 Å². The maximum absolute atomic E-state index is 6.05. The number of rotatable bonds is 4. The van der Waals surface area contributed by atoms with E-state index in [1.54, 1.807) is 31.4 Å². The van der Waals surface area contributed by atoms with Crippen LogP contribution in [0, 0.1) is 0 Å². The predicted octanol–water partition coefficient (Wildman–Crippen LogP) is 4.21. The lowest BCUT2D eigenvalue weighted by Gasteiger charge is -2.20. The fourth-order valence-corrected chi connectivity index (χ4v) is 2.45. The van der Waals surface area contributed by atoms with Gasteiger partial charge in [0.15, 0.2) is 0 Å². The van der Waals surface area contributed by atoms with Gasteiger partial charge in [0.1, 0.15) is 5.75 Å². The lowest BCUT2D eigenvalue weighted by atomic mass is 9.98. The molecule has 106 valence electrons. The molecule has 0 fully saturated rings. The van der Waals surface area contributed by atoms with Gasteiger partial charge in [0.25, 0.3) is 0 Å². The number of nitrogens with two attached hydrogens (primary N) is 1. The summed E-state index contributed by atoms with van der Waals surface area (Å²) in [5.41, 5.74) is 4.49. The lowest BCUT2D eigenvalue weighted by molar-refractivity contribution is 0.404. The van der Waals surface area contributed by atoms with Crippen molar-refractivity contribution in [3.63, 3.8) is 0 Å². The van der Waals surface area contributed by atoms with Crippen LogP contribution < -0.4 is 16.0 Å². The van der Waals surface area contributed by atoms with Crippen molar-refractivity contribution in [2.24, 2.45) is 5.84 Å². The van der Waals surface area contributed by atoms with Crippen LogP contribution in [0.4, 0.5) is 0 Å². The van der Waals surface area contributed by atoms with Crippen molar-refractivity contribution in [2.75, 3.05) is 7.11 Å². The quantitative estimate of drug-likeness (QED) is 0.652. The molecule has 0 aliphatic carbocycles. The van der Waals surface area contributed by atoms with Crippen LogP contribution in [0.3, 0.4) is 0 Å². The Balaban J connectivity index is 2.49. The van der Waals surface area contributed by atoms with Crippen molar-refractivity contribution in [1.29, 1.82) is 0 Å². The van der Waals surface area contributed by atoms with Gasteiger partial charge in [0.2, 0.25) is 0 Å². The molecule has 0 radical (unpaired) electrons. The highest BCUT2D eigenvalue weighted by molar-refractivity contribution is 6.42. The van der Waals surface area contributed by atoms with Crippen molar-refractivity contribution in [3.8, 4) is 5.75 Å². The van der Waals surface area contributed by atoms with E-state index >= 15 is 0 Å². The standard InChI is InChI=1S/C14H13Cl3N2O/c1-20-13-7-9(15)3-4-10(13)14(19-18)8-2-5-11(16)12(17)6-8/h2-7,14,19H,18H2,1H3. The molecule has 2 aromatic rings. The number of hydrogen-bond acceptors (Lipinski definition) is 3. The minimum absolute atomic E-state index is 0.281. The molecule has 0 spiro atoms. The lowest BCUT2D eigenvalue weighted by Crippen LogP contribution is -2.29. The third-order valence-electron chi connectivity index (χ3n) is 2.95. The smallest absolute Gasteiger partial charge is 0.125 e. The molecule has 0 saturated heterocycles. The zero-order valence-corrected chi connectivity index (χ0v) is 12.9. The first-order chi connectivity index (χ1) is 9.56. The van der Waals surface area contributed by atoms with Crippen LogP contribution in [0.25, 0.3) is 0 Å². The molecule has 0 amide bonds. The molecule has 0 aliphatic heterocycles. The average molecular weight is 332 g/mol. The van der Waals surface area contributed by atoms with Gasteiger partial charge in [0, 0.05) is 10.6 Å². The Morgan fingerprint density at radius 2 is 1.80 bits per heavy atom. The number of hydrogen-bond donors (Lipinski definition) is 2. The molecule has 6 heteroatoms. The van der Waals surface area contributed by atoms with Gasteiger partial charge in [-0.3, -0.25) is 5.84 Å². The van der Waals surface area contributed by atoms with Crippen LogP contribution >= 0.6 is 34.8 Å². The minimum Gasteiger partial charge on any atom is -0.496 e. The Kier molecular flexibility index (Phi) is 5.13. The Hall–Kier alpha value is -0.970. The van der Waals surface area contributed by atoms with E-state index in [-0.39, 0.29) is 6.04 Å². The Morgan fingerprint density at radius 1 is 1.05 bits per heavy atom. The van der Waals surface area contributed by atoms with E-state index in [1.165, 1.54) is 0 Å². The normalized spacial score (nSPS) is 12.2. The number of hydrazine groups is 1. The second kappa shape index (κ2) is 6.66. The molecule has 2 aromatic carbocycles. The highest BCUT2D eigenvalue weighted by Gasteiger charge is 2.18. The summed E-state index contributed by atoms with van der Waals surface area (Å²) >= 11 is 17.9. The van der Waals surface area contributed by atoms with Crippen molar-refractivity contribution >= 4 is 34.8 Å². The summed E-state index contributed by atoms with van der Waals surface area (Å²) in [6.07, 6.45) is 0. The van der Waals surface area contributed by atoms with Crippen molar-refractivity contribution in [2.45, 2.75) is 6.04 Å². The summed E-state index contributed by atoms with van der Waals surface area (Å²) in [4.78, 5) is 0. The molecule has 3 nitrogen and oxygen atoms in total. The van der Waals surface area contributed by atoms with Crippen LogP contribution in [0.15, 0.2) is 36.4 Å². The summed E-state index contributed by atoms with van der Waals surface area (Å²) in [6, 6.07) is 10.4. The highest BCUT2D eigenvalue weighted by atomic mass is 35.5. The summed E-state index contributed by atoms with van der Waals surface area (Å²) in [7, 11) is 1.58. The first-order valence-corrected chi connectivity index (χ1v) is 6.94. The van der Waals surface area contributed by atoms with Gasteiger partial charge in [-0.2, -0.15) is 0 Å². The number of halogens is 3. The number of ether oxygens (including phenoxy) is 1. The molecule has 1 unspecified atom stereocenters. The molecule has 0 aromatic heterocycles. The second-order valence-corrected chi connectivity index (χ2v) is 5.41. The molecular formula is C14H13Cl3N2O. The van der Waals surface area contributed by atoms with Gasteiger partial charge in [0.05, 0.1) is 23.2 Å². The molecule has 0 aliphatic rings. The minimum atomic E-state index is -0.281. The maximum Gasteiger partial charge on any atom is 0.125 e. The van der Waals surface area contributed by atoms with E-state index in [1.807, 2.05) is 12.1 Å². The number of benzene rings is 2. The van der Waals surface area contributed by atoms with Crippen LogP contribution in [0.5, 0.6) is 5.75 Å². The van der Waals surface area contributed by atoms with E-state index in [0.717, 1.165) is 11.1 Å². The highest BCUT2D eigenvalue weighted by Crippen LogP contribution is 2.34. The van der Waals surface area contributed by atoms with Crippen molar-refractivity contribution in [3.05, 3.63) is 62.6 Å². The number of nitrogens with one attached hydrogen (secondary N) is 1. The van der Waals surface area contributed by atoms with Gasteiger partial charge >= 0.3 is 0 Å². The zero-order valence-electron chi connectivity index (χ0n) is 10.7. The Morgan fingerprint density at radius 3 is 2.40 bits per heavy atom. The third-order valence-corrected chi connectivity index (χ3v) is 3.92. The molecule has 3 N–H and O–H groups in total. The average Bonchev–Trinajstić information content (AvgIpc) is 2.44. The molecule has 1 atom stereocenters. The molecule has 0 saturated carbocycles. The van der Waals surface area contributed by atoms with Gasteiger partial charge in [-0.05, 0) is 29.8 Å². The van der Waals surface area contributed by atoms with E-state index in [2.05, 4.69) is 5.43 Å². The Bertz CT molecular complexity index is 619.